The fourth-order valence-electron chi connectivity index (χ4n) is 1.64. The van der Waals surface area contributed by atoms with Gasteiger partial charge in [0.15, 0.2) is 0 Å². The molecule has 2 nitrogen and oxygen atoms in total. The van der Waals surface area contributed by atoms with Crippen molar-refractivity contribution in [1.29, 1.82) is 0 Å². The van der Waals surface area contributed by atoms with Crippen molar-refractivity contribution in [3.63, 3.8) is 0 Å². The lowest BCUT2D eigenvalue weighted by Gasteiger charge is -2.35. The van der Waals surface area contributed by atoms with Crippen molar-refractivity contribution in [3.8, 4) is 0 Å². The third-order valence-electron chi connectivity index (χ3n) is 2.92. The third-order valence-corrected chi connectivity index (χ3v) is 2.92. The van der Waals surface area contributed by atoms with Crippen LogP contribution in [-0.2, 0) is 0 Å². The molecule has 0 aromatic carbocycles. The van der Waals surface area contributed by atoms with Crippen LogP contribution in [0, 0.1) is 18.8 Å². The van der Waals surface area contributed by atoms with Gasteiger partial charge in [0, 0.05) is 0 Å². The summed E-state index contributed by atoms with van der Waals surface area (Å²) in [5, 5.41) is 19.3. The van der Waals surface area contributed by atoms with Crippen molar-refractivity contribution >= 4 is 0 Å². The maximum Gasteiger partial charge on any atom is 0.0755 e. The molecule has 1 aliphatic carbocycles. The molecule has 0 aromatic heterocycles. The van der Waals surface area contributed by atoms with E-state index < -0.39 is 12.2 Å². The van der Waals surface area contributed by atoms with Gasteiger partial charge in [0.1, 0.15) is 0 Å². The Morgan fingerprint density at radius 3 is 2.42 bits per heavy atom. The Morgan fingerprint density at radius 1 is 1.33 bits per heavy atom. The summed E-state index contributed by atoms with van der Waals surface area (Å²) in [5.74, 6) is 0.261. The summed E-state index contributed by atoms with van der Waals surface area (Å²) in [7, 11) is 0. The minimum Gasteiger partial charge on any atom is -0.389 e. The average Bonchev–Trinajstić information content (AvgIpc) is 2.08. The van der Waals surface area contributed by atoms with Gasteiger partial charge in [-0.2, -0.15) is 6.42 Å². The zero-order valence-electron chi connectivity index (χ0n) is 7.70. The summed E-state index contributed by atoms with van der Waals surface area (Å²) in [5.41, 5.74) is 0.869. The molecule has 12 heavy (non-hydrogen) atoms. The molecule has 1 rings (SSSR count). The molecular weight excluding hydrogens is 152 g/mol. The number of hydrogen-bond donors (Lipinski definition) is 2. The van der Waals surface area contributed by atoms with Crippen LogP contribution >= 0.6 is 0 Å². The first-order valence-corrected chi connectivity index (χ1v) is 4.44. The molecular formula is C10H17O2-. The van der Waals surface area contributed by atoms with Crippen LogP contribution in [0.1, 0.15) is 20.3 Å². The molecule has 2 N–H and O–H groups in total. The second-order valence-electron chi connectivity index (χ2n) is 3.65. The second kappa shape index (κ2) is 3.58. The van der Waals surface area contributed by atoms with Crippen LogP contribution in [0.5, 0.6) is 0 Å². The normalized spacial score (nSPS) is 42.6. The van der Waals surface area contributed by atoms with E-state index >= 15 is 0 Å². The second-order valence-corrected chi connectivity index (χ2v) is 3.65. The van der Waals surface area contributed by atoms with Gasteiger partial charge in [-0.05, 0) is 11.8 Å². The van der Waals surface area contributed by atoms with Crippen LogP contribution in [0.25, 0.3) is 0 Å². The van der Waals surface area contributed by atoms with Crippen LogP contribution in [0.15, 0.2) is 11.6 Å². The number of hydrogen-bond acceptors (Lipinski definition) is 2. The molecule has 0 saturated heterocycles. The van der Waals surface area contributed by atoms with Gasteiger partial charge in [0.05, 0.1) is 12.2 Å². The van der Waals surface area contributed by atoms with Crippen molar-refractivity contribution in [1.82, 2.24) is 0 Å². The molecule has 2 heteroatoms. The fourth-order valence-corrected chi connectivity index (χ4v) is 1.64. The summed E-state index contributed by atoms with van der Waals surface area (Å²) in [4.78, 5) is 0. The van der Waals surface area contributed by atoms with E-state index in [1.807, 2.05) is 13.8 Å². The third kappa shape index (κ3) is 1.54. The van der Waals surface area contributed by atoms with Crippen molar-refractivity contribution in [2.45, 2.75) is 32.5 Å². The van der Waals surface area contributed by atoms with Crippen molar-refractivity contribution < 1.29 is 10.2 Å². The first kappa shape index (κ1) is 9.75. The van der Waals surface area contributed by atoms with Crippen molar-refractivity contribution in [3.05, 3.63) is 18.6 Å². The van der Waals surface area contributed by atoms with Gasteiger partial charge in [0.25, 0.3) is 0 Å². The summed E-state index contributed by atoms with van der Waals surface area (Å²) in [6.07, 6.45) is 1.48. The van der Waals surface area contributed by atoms with E-state index in [1.165, 1.54) is 0 Å². The Morgan fingerprint density at radius 2 is 1.92 bits per heavy atom. The molecule has 0 spiro atoms. The van der Waals surface area contributed by atoms with E-state index in [0.717, 1.165) is 5.57 Å². The van der Waals surface area contributed by atoms with Crippen LogP contribution in [-0.4, -0.2) is 22.4 Å². The first-order valence-electron chi connectivity index (χ1n) is 4.44. The van der Waals surface area contributed by atoms with Gasteiger partial charge < -0.3 is 17.1 Å². The Labute approximate surface area is 73.9 Å². The molecule has 0 heterocycles. The van der Waals surface area contributed by atoms with Gasteiger partial charge in [-0.25, -0.2) is 0 Å². The van der Waals surface area contributed by atoms with Crippen LogP contribution in [0.2, 0.25) is 0 Å². The maximum absolute atomic E-state index is 9.71. The predicted molar refractivity (Wildman–Crippen MR) is 48.4 cm³/mol. The minimum absolute atomic E-state index is 0.127. The number of rotatable bonds is 1. The van der Waals surface area contributed by atoms with Crippen LogP contribution in [0.3, 0.4) is 0 Å². The molecule has 0 amide bonds. The maximum atomic E-state index is 9.71. The van der Waals surface area contributed by atoms with E-state index in [-0.39, 0.29) is 11.8 Å². The first-order chi connectivity index (χ1) is 5.57. The highest BCUT2D eigenvalue weighted by Crippen LogP contribution is 2.30. The van der Waals surface area contributed by atoms with Gasteiger partial charge in [0.2, 0.25) is 0 Å². The van der Waals surface area contributed by atoms with Crippen molar-refractivity contribution in [2.24, 2.45) is 11.8 Å². The standard InChI is InChI=1S/C10H17O2/c1-4-8-5-9(11)6(2)7(3)10(8)12/h5-7,9-12H,1,4H2,2-3H3/q-1. The molecule has 0 aliphatic heterocycles. The van der Waals surface area contributed by atoms with E-state index in [1.54, 1.807) is 6.08 Å². The predicted octanol–water partition coefficient (Wildman–Crippen LogP) is 1.14. The zero-order valence-corrected chi connectivity index (χ0v) is 7.70. The van der Waals surface area contributed by atoms with E-state index in [2.05, 4.69) is 6.92 Å². The minimum atomic E-state index is -0.417. The fraction of sp³-hybridized carbons (Fsp3) is 0.700. The Bertz CT molecular complexity index is 186. The smallest absolute Gasteiger partial charge is 0.0755 e. The van der Waals surface area contributed by atoms with Crippen molar-refractivity contribution in [2.75, 3.05) is 0 Å². The molecule has 4 atom stereocenters. The van der Waals surface area contributed by atoms with E-state index in [9.17, 15) is 10.2 Å². The van der Waals surface area contributed by atoms with Gasteiger partial charge in [-0.15, -0.1) is 0 Å². The average molecular weight is 169 g/mol. The van der Waals surface area contributed by atoms with Crippen LogP contribution < -0.4 is 0 Å². The highest BCUT2D eigenvalue weighted by atomic mass is 16.3. The zero-order chi connectivity index (χ0) is 9.30. The molecule has 0 radical (unpaired) electrons. The number of aliphatic hydroxyl groups excluding tert-OH is 2. The van der Waals surface area contributed by atoms with E-state index in [0.29, 0.717) is 6.42 Å². The molecule has 0 saturated carbocycles. The van der Waals surface area contributed by atoms with Crippen LogP contribution in [0.4, 0.5) is 0 Å². The van der Waals surface area contributed by atoms with Gasteiger partial charge >= 0.3 is 0 Å². The van der Waals surface area contributed by atoms with Gasteiger partial charge in [-0.1, -0.05) is 25.5 Å². The summed E-state index contributed by atoms with van der Waals surface area (Å²) < 4.78 is 0. The lowest BCUT2D eigenvalue weighted by Crippen LogP contribution is -2.36. The molecule has 0 fully saturated rings. The quantitative estimate of drug-likeness (QED) is 0.456. The Balaban J connectivity index is 2.84. The monoisotopic (exact) mass is 169 g/mol. The highest BCUT2D eigenvalue weighted by molar-refractivity contribution is 5.17. The molecule has 4 unspecified atom stereocenters. The summed E-state index contributed by atoms with van der Waals surface area (Å²) >= 11 is 0. The topological polar surface area (TPSA) is 40.5 Å². The lowest BCUT2D eigenvalue weighted by molar-refractivity contribution is 0.0420. The molecule has 1 aliphatic rings. The summed E-state index contributed by atoms with van der Waals surface area (Å²) in [6, 6.07) is 0. The summed E-state index contributed by atoms with van der Waals surface area (Å²) in [6.45, 7) is 7.63. The number of aliphatic hydroxyl groups is 2. The largest absolute Gasteiger partial charge is 0.389 e. The Kier molecular flexibility index (Phi) is 2.91. The highest BCUT2D eigenvalue weighted by Gasteiger charge is 2.30. The SMILES string of the molecule is [CH2-]CC1=CC(O)C(C)C(C)C1O. The van der Waals surface area contributed by atoms with Gasteiger partial charge in [-0.3, -0.25) is 0 Å². The molecule has 0 bridgehead atoms. The molecule has 70 valence electrons. The molecule has 0 aromatic rings. The lowest BCUT2D eigenvalue weighted by atomic mass is 9.77. The Hall–Kier alpha value is -0.340. The van der Waals surface area contributed by atoms with E-state index in [4.69, 9.17) is 0 Å².